The fourth-order valence-electron chi connectivity index (χ4n) is 2.82. The van der Waals surface area contributed by atoms with E-state index in [4.69, 9.17) is 0 Å². The molecule has 21 heavy (non-hydrogen) atoms. The minimum atomic E-state index is 0.225. The molecule has 3 nitrogen and oxygen atoms in total. The van der Waals surface area contributed by atoms with Crippen molar-refractivity contribution in [2.24, 2.45) is 0 Å². The van der Waals surface area contributed by atoms with Crippen LogP contribution in [-0.2, 0) is 4.79 Å². The third-order valence-corrected chi connectivity index (χ3v) is 4.69. The van der Waals surface area contributed by atoms with Gasteiger partial charge in [0.05, 0.1) is 19.6 Å². The second kappa shape index (κ2) is 13.1. The van der Waals surface area contributed by atoms with Crippen molar-refractivity contribution in [1.29, 1.82) is 0 Å². The number of nitrogens with zero attached hydrogens (tertiary/aromatic N) is 1. The van der Waals surface area contributed by atoms with E-state index < -0.39 is 0 Å². The lowest BCUT2D eigenvalue weighted by molar-refractivity contribution is -0.956. The Morgan fingerprint density at radius 1 is 0.714 bits per heavy atom. The molecule has 0 radical (unpaired) electrons. The highest BCUT2D eigenvalue weighted by Gasteiger charge is 2.23. The van der Waals surface area contributed by atoms with Crippen molar-refractivity contribution >= 4 is 5.91 Å². The normalized spacial score (nSPS) is 11.6. The molecule has 1 amide bonds. The van der Waals surface area contributed by atoms with Crippen LogP contribution in [0.25, 0.3) is 0 Å². The minimum Gasteiger partial charge on any atom is -0.270 e. The maximum absolute atomic E-state index is 12.0. The average molecular weight is 300 g/mol. The lowest BCUT2D eigenvalue weighted by atomic mass is 10.1. The summed E-state index contributed by atoms with van der Waals surface area (Å²) in [4.78, 5) is 12.0. The maximum Gasteiger partial charge on any atom is 0.264 e. The largest absolute Gasteiger partial charge is 0.270 e. The average Bonchev–Trinajstić information content (AvgIpc) is 2.51. The molecule has 126 valence electrons. The zero-order valence-corrected chi connectivity index (χ0v) is 15.0. The quantitative estimate of drug-likeness (QED) is 0.278. The number of unbranched alkanes of at least 4 members (excludes halogenated alkanes) is 8. The van der Waals surface area contributed by atoms with Crippen LogP contribution in [0.2, 0.25) is 0 Å². The Labute approximate surface area is 133 Å². The number of quaternary nitrogens is 1. The van der Waals surface area contributed by atoms with Crippen molar-refractivity contribution in [2.45, 2.75) is 91.9 Å². The first-order chi connectivity index (χ1) is 10.1. The molecule has 0 unspecified atom stereocenters. The van der Waals surface area contributed by atoms with E-state index in [9.17, 15) is 4.79 Å². The van der Waals surface area contributed by atoms with Gasteiger partial charge in [0.1, 0.15) is 0 Å². The van der Waals surface area contributed by atoms with Gasteiger partial charge in [-0.2, -0.15) is 0 Å². The minimum absolute atomic E-state index is 0.225. The standard InChI is InChI=1S/C18H38N2O/c1-5-9-10-11-12-13-14-15-16-17-18(21)19-20(6-2,7-3)8-4/h5-17H2,1-4H3/p+1. The predicted molar refractivity (Wildman–Crippen MR) is 91.9 cm³/mol. The molecule has 0 heterocycles. The van der Waals surface area contributed by atoms with Crippen molar-refractivity contribution in [3.8, 4) is 0 Å². The fraction of sp³-hybridized carbons (Fsp3) is 0.944. The number of hydrogen-bond donors (Lipinski definition) is 1. The van der Waals surface area contributed by atoms with Crippen molar-refractivity contribution in [3.63, 3.8) is 0 Å². The zero-order valence-electron chi connectivity index (χ0n) is 15.0. The Bertz CT molecular complexity index is 241. The van der Waals surface area contributed by atoms with Crippen LogP contribution < -0.4 is 5.43 Å². The molecule has 0 fully saturated rings. The van der Waals surface area contributed by atoms with Crippen LogP contribution in [0.15, 0.2) is 0 Å². The summed E-state index contributed by atoms with van der Waals surface area (Å²) in [6, 6.07) is 0. The molecule has 0 bridgehead atoms. The van der Waals surface area contributed by atoms with Crippen LogP contribution in [0, 0.1) is 0 Å². The number of nitrogens with one attached hydrogen (secondary N) is 1. The Kier molecular flexibility index (Phi) is 12.8. The van der Waals surface area contributed by atoms with Crippen LogP contribution >= 0.6 is 0 Å². The monoisotopic (exact) mass is 299 g/mol. The number of amides is 1. The van der Waals surface area contributed by atoms with E-state index in [-0.39, 0.29) is 5.91 Å². The maximum atomic E-state index is 12.0. The van der Waals surface area contributed by atoms with E-state index >= 15 is 0 Å². The molecule has 0 aromatic heterocycles. The molecular weight excluding hydrogens is 260 g/mol. The number of rotatable bonds is 14. The van der Waals surface area contributed by atoms with Gasteiger partial charge in [-0.1, -0.05) is 58.3 Å². The van der Waals surface area contributed by atoms with Crippen LogP contribution in [0.3, 0.4) is 0 Å². The molecule has 0 saturated heterocycles. The van der Waals surface area contributed by atoms with E-state index in [0.29, 0.717) is 6.42 Å². The van der Waals surface area contributed by atoms with E-state index in [1.54, 1.807) is 0 Å². The fourth-order valence-corrected chi connectivity index (χ4v) is 2.82. The van der Waals surface area contributed by atoms with Crippen molar-refractivity contribution in [3.05, 3.63) is 0 Å². The van der Waals surface area contributed by atoms with Gasteiger partial charge in [0.2, 0.25) is 0 Å². The second-order valence-electron chi connectivity index (χ2n) is 6.21. The lowest BCUT2D eigenvalue weighted by Crippen LogP contribution is -2.59. The molecule has 0 aromatic carbocycles. The summed E-state index contributed by atoms with van der Waals surface area (Å²) < 4.78 is 0.719. The first-order valence-electron chi connectivity index (χ1n) is 9.31. The molecule has 0 aromatic rings. The second-order valence-corrected chi connectivity index (χ2v) is 6.21. The molecule has 0 rings (SSSR count). The SMILES string of the molecule is CCCCCCCCCCCC(=O)N[N+](CC)(CC)CC. The van der Waals surface area contributed by atoms with Gasteiger partial charge in [-0.3, -0.25) is 4.79 Å². The molecule has 1 N–H and O–H groups in total. The van der Waals surface area contributed by atoms with E-state index in [1.807, 2.05) is 0 Å². The van der Waals surface area contributed by atoms with Gasteiger partial charge in [-0.25, -0.2) is 10.0 Å². The molecule has 3 heteroatoms. The summed E-state index contributed by atoms with van der Waals surface area (Å²) in [5.74, 6) is 0.225. The molecule has 0 aliphatic rings. The van der Waals surface area contributed by atoms with Crippen LogP contribution in [0.4, 0.5) is 0 Å². The summed E-state index contributed by atoms with van der Waals surface area (Å²) >= 11 is 0. The summed E-state index contributed by atoms with van der Waals surface area (Å²) in [5.41, 5.74) is 3.20. The molecule has 0 atom stereocenters. The molecule has 0 aliphatic carbocycles. The molecular formula is C18H39N2O+. The highest BCUT2D eigenvalue weighted by Crippen LogP contribution is 2.11. The topological polar surface area (TPSA) is 29.1 Å². The van der Waals surface area contributed by atoms with Gasteiger partial charge < -0.3 is 0 Å². The lowest BCUT2D eigenvalue weighted by Gasteiger charge is -2.34. The van der Waals surface area contributed by atoms with Gasteiger partial charge in [0, 0.05) is 6.42 Å². The van der Waals surface area contributed by atoms with Crippen molar-refractivity contribution < 1.29 is 9.39 Å². The van der Waals surface area contributed by atoms with Gasteiger partial charge in [-0.05, 0) is 27.2 Å². The Morgan fingerprint density at radius 3 is 1.57 bits per heavy atom. The molecule has 0 aliphatic heterocycles. The summed E-state index contributed by atoms with van der Waals surface area (Å²) in [5, 5.41) is 0. The third kappa shape index (κ3) is 9.89. The predicted octanol–water partition coefficient (Wildman–Crippen LogP) is 4.82. The first kappa shape index (κ1) is 20.4. The third-order valence-electron chi connectivity index (χ3n) is 4.69. The van der Waals surface area contributed by atoms with E-state index in [1.165, 1.54) is 51.4 Å². The highest BCUT2D eigenvalue weighted by atomic mass is 16.2. The van der Waals surface area contributed by atoms with Crippen LogP contribution in [-0.4, -0.2) is 30.1 Å². The summed E-state index contributed by atoms with van der Waals surface area (Å²) in [6.07, 6.45) is 12.4. The van der Waals surface area contributed by atoms with Gasteiger partial charge >= 0.3 is 0 Å². The Balaban J connectivity index is 3.58. The first-order valence-corrected chi connectivity index (χ1v) is 9.31. The van der Waals surface area contributed by atoms with E-state index in [2.05, 4.69) is 33.1 Å². The van der Waals surface area contributed by atoms with Gasteiger partial charge in [-0.15, -0.1) is 0 Å². The van der Waals surface area contributed by atoms with Crippen molar-refractivity contribution in [1.82, 2.24) is 5.43 Å². The summed E-state index contributed by atoms with van der Waals surface area (Å²) in [7, 11) is 0. The number of carbonyl (C=O) groups is 1. The van der Waals surface area contributed by atoms with Gasteiger partial charge in [0.15, 0.2) is 0 Å². The molecule has 0 saturated carbocycles. The van der Waals surface area contributed by atoms with Crippen molar-refractivity contribution in [2.75, 3.05) is 19.6 Å². The van der Waals surface area contributed by atoms with E-state index in [0.717, 1.165) is 30.6 Å². The summed E-state index contributed by atoms with van der Waals surface area (Å²) in [6.45, 7) is 11.6. The smallest absolute Gasteiger partial charge is 0.264 e. The molecule has 0 spiro atoms. The number of hydrogen-bond acceptors (Lipinski definition) is 1. The van der Waals surface area contributed by atoms with Crippen LogP contribution in [0.1, 0.15) is 91.9 Å². The van der Waals surface area contributed by atoms with Gasteiger partial charge in [0.25, 0.3) is 5.91 Å². The van der Waals surface area contributed by atoms with Crippen LogP contribution in [0.5, 0.6) is 0 Å². The number of carbonyl (C=O) groups excluding carboxylic acids is 1. The zero-order chi connectivity index (χ0) is 16.0. The Morgan fingerprint density at radius 2 is 1.14 bits per heavy atom. The Hall–Kier alpha value is -0.570. The highest BCUT2D eigenvalue weighted by molar-refractivity contribution is 5.74.